The van der Waals surface area contributed by atoms with Gasteiger partial charge in [0.2, 0.25) is 5.69 Å². The average molecular weight is 823 g/mol. The lowest BCUT2D eigenvalue weighted by Crippen LogP contribution is -2.11. The lowest BCUT2D eigenvalue weighted by atomic mass is 9.85. The first kappa shape index (κ1) is 40.5. The van der Waals surface area contributed by atoms with Gasteiger partial charge in [-0.1, -0.05) is 144 Å². The molecule has 7 aromatic carbocycles. The highest BCUT2D eigenvalue weighted by Gasteiger charge is 2.30. The third kappa shape index (κ3) is 6.30. The number of nitrogens with zero attached hydrogens (tertiary/aromatic N) is 4. The molecule has 0 N–H and O–H groups in total. The minimum Gasteiger partial charge on any atom is -0.319 e. The maximum Gasteiger partial charge on any atom is 0.236 e. The molecule has 4 nitrogen and oxygen atoms in total. The molecule has 4 heteroatoms. The Morgan fingerprint density at radius 2 is 0.746 bits per heavy atom. The fourth-order valence-electron chi connectivity index (χ4n) is 9.84. The number of fused-ring (bicyclic) bond motifs is 9. The van der Waals surface area contributed by atoms with E-state index in [0.717, 1.165) is 60.9 Å². The Kier molecular flexibility index (Phi) is 8.82. The molecule has 0 fully saturated rings. The minimum atomic E-state index is -0.0482. The van der Waals surface area contributed by atoms with Crippen LogP contribution in [0.3, 0.4) is 0 Å². The normalized spacial score (nSPS) is 13.1. The number of rotatable bonds is 3. The smallest absolute Gasteiger partial charge is 0.236 e. The molecule has 10 rings (SSSR count). The minimum absolute atomic E-state index is 0.0361. The van der Waals surface area contributed by atoms with Gasteiger partial charge in [-0.15, -0.1) is 0 Å². The van der Waals surface area contributed by atoms with Gasteiger partial charge in [0.1, 0.15) is 0 Å². The topological polar surface area (TPSA) is 19.1 Å². The predicted octanol–water partition coefficient (Wildman–Crippen LogP) is 16.7. The van der Waals surface area contributed by atoms with E-state index in [1.165, 1.54) is 43.8 Å². The van der Waals surface area contributed by atoms with Gasteiger partial charge in [-0.2, -0.15) is 0 Å². The number of benzene rings is 7. The van der Waals surface area contributed by atoms with Crippen LogP contribution < -0.4 is 0 Å². The van der Waals surface area contributed by atoms with Crippen LogP contribution >= 0.6 is 0 Å². The quantitative estimate of drug-likeness (QED) is 0.158. The Morgan fingerprint density at radius 3 is 1.16 bits per heavy atom. The van der Waals surface area contributed by atoms with Gasteiger partial charge in [0.05, 0.1) is 51.0 Å². The summed E-state index contributed by atoms with van der Waals surface area (Å²) in [4.78, 5) is 4.68. The van der Waals surface area contributed by atoms with Gasteiger partial charge in [-0.3, -0.25) is 0 Å². The molecule has 0 aliphatic rings. The van der Waals surface area contributed by atoms with Crippen molar-refractivity contribution in [2.45, 2.75) is 105 Å². The summed E-state index contributed by atoms with van der Waals surface area (Å²) in [5.74, 6) is 0. The van der Waals surface area contributed by atoms with E-state index in [4.69, 9.17) is 0 Å². The summed E-state index contributed by atoms with van der Waals surface area (Å²) < 4.78 is 7.20. The molecule has 314 valence electrons. The zero-order valence-electron chi connectivity index (χ0n) is 39.0. The Hall–Kier alpha value is -6.57. The Labute approximate surface area is 372 Å². The predicted molar refractivity (Wildman–Crippen MR) is 271 cm³/mol. The van der Waals surface area contributed by atoms with Crippen LogP contribution in [0.15, 0.2) is 133 Å². The molecular weight excluding hydrogens is 765 g/mol. The van der Waals surface area contributed by atoms with E-state index in [-0.39, 0.29) is 21.7 Å². The maximum atomic E-state index is 9.38. The van der Waals surface area contributed by atoms with Gasteiger partial charge < -0.3 is 13.7 Å². The molecule has 0 aliphatic heterocycles. The lowest BCUT2D eigenvalue weighted by molar-refractivity contribution is 0.590. The summed E-state index contributed by atoms with van der Waals surface area (Å²) in [7, 11) is 0. The van der Waals surface area contributed by atoms with Crippen molar-refractivity contribution in [3.05, 3.63) is 167 Å². The van der Waals surface area contributed by atoms with Crippen LogP contribution in [-0.4, -0.2) is 13.7 Å². The number of hydrogen-bond acceptors (Lipinski definition) is 0. The van der Waals surface area contributed by atoms with Crippen molar-refractivity contribution in [2.75, 3.05) is 0 Å². The number of aromatic nitrogens is 3. The highest BCUT2D eigenvalue weighted by atomic mass is 15.1. The van der Waals surface area contributed by atoms with Gasteiger partial charge in [-0.05, 0) is 122 Å². The van der Waals surface area contributed by atoms with Gasteiger partial charge >= 0.3 is 0 Å². The summed E-state index contributed by atoms with van der Waals surface area (Å²) in [6.07, 6.45) is 0. The van der Waals surface area contributed by atoms with Crippen LogP contribution in [0.25, 0.3) is 87.3 Å². The number of hydrogen-bond donors (Lipinski definition) is 0. The van der Waals surface area contributed by atoms with Crippen LogP contribution in [-0.2, 0) is 21.7 Å². The van der Waals surface area contributed by atoms with Crippen molar-refractivity contribution >= 4 is 71.1 Å². The molecule has 0 aliphatic carbocycles. The zero-order chi connectivity index (χ0) is 44.5. The van der Waals surface area contributed by atoms with Gasteiger partial charge in [-0.25, -0.2) is 4.85 Å². The Morgan fingerprint density at radius 1 is 0.365 bits per heavy atom. The third-order valence-electron chi connectivity index (χ3n) is 13.5. The summed E-state index contributed by atoms with van der Waals surface area (Å²) in [6, 6.07) is 49.7. The molecule has 0 atom stereocenters. The van der Waals surface area contributed by atoms with Gasteiger partial charge in [0.25, 0.3) is 0 Å². The first-order valence-electron chi connectivity index (χ1n) is 22.5. The Balaban J connectivity index is 1.47. The fourth-order valence-corrected chi connectivity index (χ4v) is 9.84. The first-order chi connectivity index (χ1) is 29.8. The highest BCUT2D eigenvalue weighted by molar-refractivity contribution is 6.19. The largest absolute Gasteiger partial charge is 0.319 e. The van der Waals surface area contributed by atoms with Gasteiger partial charge in [0, 0.05) is 32.6 Å². The lowest BCUT2D eigenvalue weighted by Gasteiger charge is -2.22. The molecule has 0 unspecified atom stereocenters. The molecule has 63 heavy (non-hydrogen) atoms. The summed E-state index contributed by atoms with van der Waals surface area (Å²) in [5, 5.41) is 7.00. The van der Waals surface area contributed by atoms with E-state index >= 15 is 0 Å². The molecule has 0 amide bonds. The monoisotopic (exact) mass is 822 g/mol. The van der Waals surface area contributed by atoms with Crippen LogP contribution in [0.1, 0.15) is 105 Å². The second-order valence-electron chi connectivity index (χ2n) is 21.9. The van der Waals surface area contributed by atoms with E-state index < -0.39 is 0 Å². The SMILES string of the molecule is [C-]#[N+]c1c(-n2c3ccc(C(C)(C)C)cc3c3cc(C(C)(C)C)ccc32)c(-n2c3ccc(C(C)(C)C)cc3c3cc(C(C)(C)C)ccc32)cc2c3ccccc3n(-c3ccccc3)c12. The molecule has 10 aromatic rings. The molecule has 0 spiro atoms. The van der Waals surface area contributed by atoms with Crippen molar-refractivity contribution in [1.29, 1.82) is 0 Å². The summed E-state index contributed by atoms with van der Waals surface area (Å²) in [5.41, 5.74) is 14.9. The van der Waals surface area contributed by atoms with Crippen molar-refractivity contribution < 1.29 is 0 Å². The molecule has 0 radical (unpaired) electrons. The molecule has 0 saturated carbocycles. The van der Waals surface area contributed by atoms with Crippen LogP contribution in [0, 0.1) is 6.57 Å². The van der Waals surface area contributed by atoms with Crippen molar-refractivity contribution in [1.82, 2.24) is 13.7 Å². The zero-order valence-corrected chi connectivity index (χ0v) is 39.0. The average Bonchev–Trinajstić information content (AvgIpc) is 3.86. The highest BCUT2D eigenvalue weighted by Crippen LogP contribution is 2.49. The van der Waals surface area contributed by atoms with Crippen LogP contribution in [0.5, 0.6) is 0 Å². The van der Waals surface area contributed by atoms with E-state index in [0.29, 0.717) is 5.69 Å². The van der Waals surface area contributed by atoms with Crippen LogP contribution in [0.4, 0.5) is 5.69 Å². The second kappa shape index (κ2) is 13.7. The fraction of sp³-hybridized carbons (Fsp3) is 0.271. The standard InChI is InChI=1S/C59H58N4/c1-56(2,3)36-23-27-48-42(31-36)43-32-37(57(4,5)6)24-28-49(43)62(48)52-35-46-41-21-17-18-22-47(41)61(40-19-15-14-16-20-40)54(46)53(60-13)55(52)63-50-29-25-38(58(7,8)9)33-44(50)45-34-39(59(10,11)12)26-30-51(45)63/h14-35H,1-12H3. The molecule has 3 heterocycles. The maximum absolute atomic E-state index is 9.38. The number of para-hydroxylation sites is 2. The second-order valence-corrected chi connectivity index (χ2v) is 21.9. The van der Waals surface area contributed by atoms with Crippen molar-refractivity contribution in [3.8, 4) is 17.1 Å². The molecule has 0 saturated heterocycles. The Bertz CT molecular complexity index is 3390. The van der Waals surface area contributed by atoms with Crippen LogP contribution in [0.2, 0.25) is 0 Å². The molecule has 3 aromatic heterocycles. The summed E-state index contributed by atoms with van der Waals surface area (Å²) >= 11 is 0. The van der Waals surface area contributed by atoms with Gasteiger partial charge in [0.15, 0.2) is 0 Å². The summed E-state index contributed by atoms with van der Waals surface area (Å²) in [6.45, 7) is 36.9. The van der Waals surface area contributed by atoms with Crippen molar-refractivity contribution in [3.63, 3.8) is 0 Å². The first-order valence-corrected chi connectivity index (χ1v) is 22.5. The molecule has 0 bridgehead atoms. The van der Waals surface area contributed by atoms with Crippen molar-refractivity contribution in [2.24, 2.45) is 0 Å². The van der Waals surface area contributed by atoms with E-state index in [1.54, 1.807) is 0 Å². The van der Waals surface area contributed by atoms with E-state index in [1.807, 2.05) is 0 Å². The van der Waals surface area contributed by atoms with E-state index in [2.05, 4.69) is 235 Å². The third-order valence-corrected chi connectivity index (χ3v) is 13.5. The molecular formula is C59H58N4. The van der Waals surface area contributed by atoms with E-state index in [9.17, 15) is 6.57 Å².